The van der Waals surface area contributed by atoms with Crippen molar-refractivity contribution in [2.45, 2.75) is 12.8 Å². The van der Waals surface area contributed by atoms with E-state index >= 15 is 0 Å². The molecule has 3 rings (SSSR count). The summed E-state index contributed by atoms with van der Waals surface area (Å²) in [6.45, 7) is 2.70. The van der Waals surface area contributed by atoms with Crippen LogP contribution in [0.15, 0.2) is 35.1 Å². The van der Waals surface area contributed by atoms with Crippen LogP contribution in [-0.2, 0) is 11.2 Å². The monoisotopic (exact) mass is 315 g/mol. The first-order chi connectivity index (χ1) is 11.1. The highest BCUT2D eigenvalue weighted by Gasteiger charge is 2.25. The molecule has 0 radical (unpaired) electrons. The predicted molar refractivity (Wildman–Crippen MR) is 87.3 cm³/mol. The predicted octanol–water partition coefficient (Wildman–Crippen LogP) is 0.625. The van der Waals surface area contributed by atoms with E-state index in [1.54, 1.807) is 11.9 Å². The normalized spacial score (nSPS) is 17.4. The van der Waals surface area contributed by atoms with Crippen molar-refractivity contribution in [3.05, 3.63) is 46.6 Å². The molecule has 0 spiro atoms. The van der Waals surface area contributed by atoms with Crippen LogP contribution in [0, 0.1) is 5.92 Å². The maximum Gasteiger partial charge on any atom is 0.340 e. The number of aromatic nitrogens is 3. The molecule has 1 fully saturated rings. The van der Waals surface area contributed by atoms with Gasteiger partial charge in [0.1, 0.15) is 5.82 Å². The average molecular weight is 315 g/mol. The van der Waals surface area contributed by atoms with E-state index in [4.69, 9.17) is 0 Å². The Hall–Kier alpha value is -2.57. The molecule has 1 aromatic carbocycles. The Kier molecular flexibility index (Phi) is 4.45. The molecule has 0 aliphatic carbocycles. The van der Waals surface area contributed by atoms with Gasteiger partial charge in [0.05, 0.1) is 6.42 Å². The summed E-state index contributed by atoms with van der Waals surface area (Å²) in [5.74, 6) is 0.803. The first-order valence-corrected chi connectivity index (χ1v) is 7.79. The van der Waals surface area contributed by atoms with E-state index in [1.165, 1.54) is 5.69 Å². The lowest BCUT2D eigenvalue weighted by Crippen LogP contribution is -2.34. The Morgan fingerprint density at radius 2 is 2.17 bits per heavy atom. The first kappa shape index (κ1) is 15.3. The maximum absolute atomic E-state index is 12.2. The van der Waals surface area contributed by atoms with Gasteiger partial charge in [0.15, 0.2) is 0 Å². The number of para-hydroxylation sites is 1. The van der Waals surface area contributed by atoms with E-state index in [2.05, 4.69) is 32.2 Å². The number of carbonyl (C=O) groups excluding carboxylic acids is 1. The van der Waals surface area contributed by atoms with E-state index in [1.807, 2.05) is 18.2 Å². The summed E-state index contributed by atoms with van der Waals surface area (Å²) >= 11 is 0. The molecular formula is C16H21N5O2. The van der Waals surface area contributed by atoms with Gasteiger partial charge in [-0.05, 0) is 24.5 Å². The summed E-state index contributed by atoms with van der Waals surface area (Å²) in [5.41, 5.74) is 0.850. The smallest absolute Gasteiger partial charge is 0.340 e. The van der Waals surface area contributed by atoms with Crippen molar-refractivity contribution in [3.63, 3.8) is 0 Å². The lowest BCUT2D eigenvalue weighted by atomic mass is 10.1. The van der Waals surface area contributed by atoms with E-state index in [0.29, 0.717) is 11.7 Å². The Morgan fingerprint density at radius 1 is 1.39 bits per heavy atom. The van der Waals surface area contributed by atoms with Crippen molar-refractivity contribution in [1.82, 2.24) is 20.1 Å². The van der Waals surface area contributed by atoms with Crippen LogP contribution in [0.2, 0.25) is 0 Å². The number of rotatable bonds is 5. The fourth-order valence-corrected chi connectivity index (χ4v) is 3.01. The van der Waals surface area contributed by atoms with Crippen molar-refractivity contribution in [2.75, 3.05) is 31.6 Å². The van der Waals surface area contributed by atoms with Crippen LogP contribution in [0.1, 0.15) is 12.2 Å². The number of hydrogen-bond acceptors (Lipinski definition) is 4. The summed E-state index contributed by atoms with van der Waals surface area (Å²) in [6, 6.07) is 10.3. The highest BCUT2D eigenvalue weighted by molar-refractivity contribution is 5.77. The number of anilines is 1. The Morgan fingerprint density at radius 3 is 2.87 bits per heavy atom. The lowest BCUT2D eigenvalue weighted by Gasteiger charge is -2.22. The maximum atomic E-state index is 12.2. The second-order valence-electron chi connectivity index (χ2n) is 6.01. The summed E-state index contributed by atoms with van der Waals surface area (Å²) in [7, 11) is 1.80. The van der Waals surface area contributed by atoms with Gasteiger partial charge in [0.25, 0.3) is 0 Å². The highest BCUT2D eigenvalue weighted by atomic mass is 16.2. The van der Waals surface area contributed by atoms with Gasteiger partial charge in [0.2, 0.25) is 5.91 Å². The van der Waals surface area contributed by atoms with Crippen molar-refractivity contribution in [3.8, 4) is 0 Å². The van der Waals surface area contributed by atoms with E-state index < -0.39 is 0 Å². The zero-order valence-electron chi connectivity index (χ0n) is 13.2. The molecule has 0 saturated carbocycles. The third-order valence-electron chi connectivity index (χ3n) is 4.23. The topological polar surface area (TPSA) is 85.1 Å². The molecule has 1 atom stereocenters. The van der Waals surface area contributed by atoms with Gasteiger partial charge in [-0.2, -0.15) is 5.10 Å². The molecule has 2 N–H and O–H groups in total. The zero-order valence-corrected chi connectivity index (χ0v) is 13.2. The van der Waals surface area contributed by atoms with Crippen molar-refractivity contribution in [2.24, 2.45) is 5.92 Å². The Balaban J connectivity index is 1.51. The third kappa shape index (κ3) is 3.80. The van der Waals surface area contributed by atoms with Crippen LogP contribution in [-0.4, -0.2) is 52.7 Å². The molecule has 7 heteroatoms. The summed E-state index contributed by atoms with van der Waals surface area (Å²) in [6.07, 6.45) is 1.19. The summed E-state index contributed by atoms with van der Waals surface area (Å²) < 4.78 is 0. The van der Waals surface area contributed by atoms with Gasteiger partial charge >= 0.3 is 5.69 Å². The lowest BCUT2D eigenvalue weighted by molar-refractivity contribution is -0.129. The molecule has 1 aliphatic rings. The minimum absolute atomic E-state index is 0.0362. The Labute approximate surface area is 134 Å². The van der Waals surface area contributed by atoms with Crippen LogP contribution in [0.25, 0.3) is 0 Å². The van der Waals surface area contributed by atoms with Crippen LogP contribution in [0.3, 0.4) is 0 Å². The second kappa shape index (κ2) is 6.68. The molecule has 1 aromatic heterocycles. The summed E-state index contributed by atoms with van der Waals surface area (Å²) in [4.78, 5) is 29.8. The number of hydrogen-bond donors (Lipinski definition) is 2. The molecule has 2 heterocycles. The quantitative estimate of drug-likeness (QED) is 0.847. The number of aromatic amines is 2. The van der Waals surface area contributed by atoms with E-state index in [9.17, 15) is 9.59 Å². The molecule has 23 heavy (non-hydrogen) atoms. The molecule has 122 valence electrons. The Bertz CT molecular complexity index is 709. The number of likely N-dealkylation sites (N-methyl/N-ethyl adjacent to an activating group) is 1. The van der Waals surface area contributed by atoms with Gasteiger partial charge in [-0.1, -0.05) is 18.2 Å². The number of amides is 1. The minimum atomic E-state index is -0.384. The van der Waals surface area contributed by atoms with E-state index in [0.717, 1.165) is 26.1 Å². The highest BCUT2D eigenvalue weighted by Crippen LogP contribution is 2.23. The largest absolute Gasteiger partial charge is 0.371 e. The summed E-state index contributed by atoms with van der Waals surface area (Å²) in [5, 5.41) is 6.04. The van der Waals surface area contributed by atoms with Crippen molar-refractivity contribution in [1.29, 1.82) is 0 Å². The molecule has 2 aromatic rings. The minimum Gasteiger partial charge on any atom is -0.371 e. The number of benzene rings is 1. The van der Waals surface area contributed by atoms with Crippen LogP contribution >= 0.6 is 0 Å². The molecular weight excluding hydrogens is 294 g/mol. The molecule has 1 aliphatic heterocycles. The third-order valence-corrected chi connectivity index (χ3v) is 4.23. The molecule has 0 bridgehead atoms. The SMILES string of the molecule is CN(C[C@@H]1CCN(c2ccccc2)C1)C(=O)Cc1n[nH]c(=O)[nH]1. The van der Waals surface area contributed by atoms with Gasteiger partial charge in [-0.25, -0.2) is 9.89 Å². The average Bonchev–Trinajstić information content (AvgIpc) is 3.17. The first-order valence-electron chi connectivity index (χ1n) is 7.79. The van der Waals surface area contributed by atoms with Crippen LogP contribution < -0.4 is 10.6 Å². The van der Waals surface area contributed by atoms with Gasteiger partial charge in [0, 0.05) is 32.4 Å². The number of nitrogens with one attached hydrogen (secondary N) is 2. The molecule has 1 amide bonds. The molecule has 1 saturated heterocycles. The van der Waals surface area contributed by atoms with Gasteiger partial charge in [-0.15, -0.1) is 0 Å². The second-order valence-corrected chi connectivity index (χ2v) is 6.01. The molecule has 0 unspecified atom stereocenters. The van der Waals surface area contributed by atoms with E-state index in [-0.39, 0.29) is 18.0 Å². The molecule has 7 nitrogen and oxygen atoms in total. The van der Waals surface area contributed by atoms with Gasteiger partial charge < -0.3 is 9.80 Å². The van der Waals surface area contributed by atoms with Crippen LogP contribution in [0.5, 0.6) is 0 Å². The number of carbonyl (C=O) groups is 1. The zero-order chi connectivity index (χ0) is 16.2. The number of H-pyrrole nitrogens is 2. The fraction of sp³-hybridized carbons (Fsp3) is 0.438. The standard InChI is InChI=1S/C16H21N5O2/c1-20(15(22)9-14-17-16(23)19-18-14)10-12-7-8-21(11-12)13-5-3-2-4-6-13/h2-6,12H,7-11H2,1H3,(H2,17,18,19,23)/t12-/m0/s1. The van der Waals surface area contributed by atoms with Crippen LogP contribution in [0.4, 0.5) is 5.69 Å². The van der Waals surface area contributed by atoms with Crippen molar-refractivity contribution >= 4 is 11.6 Å². The fourth-order valence-electron chi connectivity index (χ4n) is 3.01. The van der Waals surface area contributed by atoms with Gasteiger partial charge in [-0.3, -0.25) is 9.78 Å². The number of nitrogens with zero attached hydrogens (tertiary/aromatic N) is 3. The van der Waals surface area contributed by atoms with Crippen molar-refractivity contribution < 1.29 is 4.79 Å².